The van der Waals surface area contributed by atoms with Crippen molar-refractivity contribution in [1.82, 2.24) is 0 Å². The van der Waals surface area contributed by atoms with Crippen LogP contribution >= 0.6 is 11.6 Å². The second-order valence-electron chi connectivity index (χ2n) is 5.60. The van der Waals surface area contributed by atoms with Gasteiger partial charge in [0.25, 0.3) is 10.0 Å². The highest BCUT2D eigenvalue weighted by atomic mass is 35.5. The molecule has 2 aliphatic heterocycles. The molecule has 2 heterocycles. The minimum Gasteiger partial charge on any atom is -0.493 e. The molecule has 0 unspecified atom stereocenters. The van der Waals surface area contributed by atoms with Crippen LogP contribution < -0.4 is 14.2 Å². The molecule has 0 aliphatic carbocycles. The van der Waals surface area contributed by atoms with Crippen LogP contribution in [0.3, 0.4) is 0 Å². The highest BCUT2D eigenvalue weighted by Gasteiger charge is 2.33. The summed E-state index contributed by atoms with van der Waals surface area (Å²) in [5, 5.41) is -0.154. The van der Waals surface area contributed by atoms with Gasteiger partial charge in [-0.15, -0.1) is 0 Å². The molecular weight excluding hydrogens is 357 g/mol. The number of ether oxygens (including phenoxy) is 2. The lowest BCUT2D eigenvalue weighted by molar-refractivity contribution is 0.348. The summed E-state index contributed by atoms with van der Waals surface area (Å²) in [5.41, 5.74) is 1.61. The summed E-state index contributed by atoms with van der Waals surface area (Å²) >= 11 is 5.72. The van der Waals surface area contributed by atoms with E-state index in [1.165, 1.54) is 12.1 Å². The SMILES string of the molecule is O=S(=O)(Nc1ccc(F)c(Cl)c1)c1c2c(cc3c1OCC3)OCC2. The summed E-state index contributed by atoms with van der Waals surface area (Å²) < 4.78 is 52.7. The van der Waals surface area contributed by atoms with Crippen molar-refractivity contribution >= 4 is 27.3 Å². The Kier molecular flexibility index (Phi) is 3.58. The largest absolute Gasteiger partial charge is 0.493 e. The highest BCUT2D eigenvalue weighted by molar-refractivity contribution is 7.92. The summed E-state index contributed by atoms with van der Waals surface area (Å²) in [5.74, 6) is 0.342. The lowest BCUT2D eigenvalue weighted by Crippen LogP contribution is -2.16. The summed E-state index contributed by atoms with van der Waals surface area (Å²) in [4.78, 5) is 0.102. The van der Waals surface area contributed by atoms with E-state index in [4.69, 9.17) is 21.1 Å². The van der Waals surface area contributed by atoms with E-state index in [-0.39, 0.29) is 15.6 Å². The second kappa shape index (κ2) is 5.53. The fraction of sp³-hybridized carbons (Fsp3) is 0.250. The third-order valence-corrected chi connectivity index (χ3v) is 5.81. The zero-order chi connectivity index (χ0) is 16.9. The molecule has 8 heteroatoms. The molecule has 0 atom stereocenters. The van der Waals surface area contributed by atoms with Gasteiger partial charge < -0.3 is 9.47 Å². The van der Waals surface area contributed by atoms with Gasteiger partial charge in [0.15, 0.2) is 0 Å². The molecule has 0 saturated heterocycles. The van der Waals surface area contributed by atoms with Crippen LogP contribution in [-0.4, -0.2) is 21.6 Å². The fourth-order valence-corrected chi connectivity index (χ4v) is 4.67. The van der Waals surface area contributed by atoms with E-state index in [0.29, 0.717) is 43.1 Å². The molecular formula is C16H13ClFNO4S. The number of hydrogen-bond donors (Lipinski definition) is 1. The molecule has 2 aromatic rings. The van der Waals surface area contributed by atoms with Gasteiger partial charge >= 0.3 is 0 Å². The molecule has 1 N–H and O–H groups in total. The maximum absolute atomic E-state index is 13.3. The molecule has 0 spiro atoms. The van der Waals surface area contributed by atoms with Crippen LogP contribution in [0.5, 0.6) is 11.5 Å². The molecule has 0 saturated carbocycles. The van der Waals surface area contributed by atoms with Crippen LogP contribution in [0.15, 0.2) is 29.2 Å². The molecule has 24 heavy (non-hydrogen) atoms. The summed E-state index contributed by atoms with van der Waals surface area (Å²) in [6.07, 6.45) is 1.13. The van der Waals surface area contributed by atoms with Crippen molar-refractivity contribution in [2.75, 3.05) is 17.9 Å². The molecule has 2 aromatic carbocycles. The molecule has 126 valence electrons. The first-order valence-electron chi connectivity index (χ1n) is 7.38. The average Bonchev–Trinajstić information content (AvgIpc) is 3.16. The molecule has 0 amide bonds. The molecule has 5 nitrogen and oxygen atoms in total. The maximum Gasteiger partial charge on any atom is 0.266 e. The van der Waals surface area contributed by atoms with Gasteiger partial charge in [-0.25, -0.2) is 12.8 Å². The van der Waals surface area contributed by atoms with Crippen molar-refractivity contribution in [1.29, 1.82) is 0 Å². The maximum atomic E-state index is 13.3. The fourth-order valence-electron chi connectivity index (χ4n) is 2.99. The lowest BCUT2D eigenvalue weighted by Gasteiger charge is -2.15. The molecule has 4 rings (SSSR count). The van der Waals surface area contributed by atoms with Gasteiger partial charge in [0.2, 0.25) is 0 Å². The minimum atomic E-state index is -3.93. The third-order valence-electron chi connectivity index (χ3n) is 4.04. The Morgan fingerprint density at radius 1 is 1.12 bits per heavy atom. The van der Waals surface area contributed by atoms with Crippen LogP contribution in [0.4, 0.5) is 10.1 Å². The monoisotopic (exact) mass is 369 g/mol. The van der Waals surface area contributed by atoms with Gasteiger partial charge in [-0.1, -0.05) is 11.6 Å². The molecule has 0 radical (unpaired) electrons. The van der Waals surface area contributed by atoms with E-state index in [2.05, 4.69) is 4.72 Å². The van der Waals surface area contributed by atoms with Crippen LogP contribution in [0.2, 0.25) is 5.02 Å². The third kappa shape index (κ3) is 2.48. The smallest absolute Gasteiger partial charge is 0.266 e. The number of rotatable bonds is 3. The van der Waals surface area contributed by atoms with E-state index in [1.807, 2.05) is 6.07 Å². The van der Waals surface area contributed by atoms with Crippen molar-refractivity contribution < 1.29 is 22.3 Å². The number of sulfonamides is 1. The number of anilines is 1. The Bertz CT molecular complexity index is 913. The Morgan fingerprint density at radius 3 is 2.71 bits per heavy atom. The Labute approximate surface area is 143 Å². The summed E-state index contributed by atoms with van der Waals surface area (Å²) in [6.45, 7) is 0.867. The predicted molar refractivity (Wildman–Crippen MR) is 87.1 cm³/mol. The van der Waals surface area contributed by atoms with Gasteiger partial charge in [0.1, 0.15) is 22.2 Å². The standard InChI is InChI=1S/C16H13ClFNO4S/c17-12-8-10(1-2-13(12)18)19-24(20,21)16-11-4-6-22-14(11)7-9-3-5-23-15(9)16/h1-2,7-8,19H,3-6H2. The summed E-state index contributed by atoms with van der Waals surface area (Å²) in [6, 6.07) is 5.51. The van der Waals surface area contributed by atoms with Gasteiger partial charge in [-0.05, 0) is 24.3 Å². The Hall–Kier alpha value is -1.99. The zero-order valence-electron chi connectivity index (χ0n) is 12.4. The number of nitrogens with one attached hydrogen (secondary N) is 1. The van der Waals surface area contributed by atoms with Crippen molar-refractivity contribution in [3.05, 3.63) is 46.2 Å². The molecule has 2 aliphatic rings. The van der Waals surface area contributed by atoms with Crippen LogP contribution in [0, 0.1) is 5.82 Å². The van der Waals surface area contributed by atoms with Crippen LogP contribution in [0.1, 0.15) is 11.1 Å². The van der Waals surface area contributed by atoms with E-state index in [9.17, 15) is 12.8 Å². The topological polar surface area (TPSA) is 64.6 Å². The van der Waals surface area contributed by atoms with Gasteiger partial charge in [0, 0.05) is 24.0 Å². The molecule has 0 fully saturated rings. The molecule has 0 aromatic heterocycles. The average molecular weight is 370 g/mol. The van der Waals surface area contributed by atoms with Gasteiger partial charge in [-0.3, -0.25) is 4.72 Å². The van der Waals surface area contributed by atoms with Gasteiger partial charge in [0.05, 0.1) is 23.9 Å². The zero-order valence-corrected chi connectivity index (χ0v) is 14.0. The predicted octanol–water partition coefficient (Wildman–Crippen LogP) is 3.15. The number of fused-ring (bicyclic) bond motifs is 2. The van der Waals surface area contributed by atoms with Crippen molar-refractivity contribution in [2.24, 2.45) is 0 Å². The first kappa shape index (κ1) is 15.5. The number of benzene rings is 2. The number of hydrogen-bond acceptors (Lipinski definition) is 4. The first-order valence-corrected chi connectivity index (χ1v) is 9.24. The molecule has 0 bridgehead atoms. The van der Waals surface area contributed by atoms with Crippen LogP contribution in [-0.2, 0) is 22.9 Å². The normalized spacial score (nSPS) is 15.4. The van der Waals surface area contributed by atoms with Crippen LogP contribution in [0.25, 0.3) is 0 Å². The minimum absolute atomic E-state index is 0.102. The first-order chi connectivity index (χ1) is 11.5. The highest BCUT2D eigenvalue weighted by Crippen LogP contribution is 2.43. The van der Waals surface area contributed by atoms with Crippen molar-refractivity contribution in [2.45, 2.75) is 17.7 Å². The van der Waals surface area contributed by atoms with E-state index < -0.39 is 15.8 Å². The van der Waals surface area contributed by atoms with Crippen molar-refractivity contribution in [3.8, 4) is 11.5 Å². The van der Waals surface area contributed by atoms with E-state index >= 15 is 0 Å². The Balaban J connectivity index is 1.81. The summed E-state index contributed by atoms with van der Waals surface area (Å²) in [7, 11) is -3.93. The van der Waals surface area contributed by atoms with Crippen molar-refractivity contribution in [3.63, 3.8) is 0 Å². The Morgan fingerprint density at radius 2 is 1.92 bits per heavy atom. The van der Waals surface area contributed by atoms with Gasteiger partial charge in [-0.2, -0.15) is 0 Å². The van der Waals surface area contributed by atoms with E-state index in [1.54, 1.807) is 0 Å². The van der Waals surface area contributed by atoms with E-state index in [0.717, 1.165) is 11.6 Å². The lowest BCUT2D eigenvalue weighted by atomic mass is 10.1. The second-order valence-corrected chi connectivity index (χ2v) is 7.63. The number of halogens is 2. The quantitative estimate of drug-likeness (QED) is 0.902.